The van der Waals surface area contributed by atoms with Gasteiger partial charge in [-0.2, -0.15) is 0 Å². The number of likely N-dealkylation sites (tertiary alicyclic amines) is 1. The van der Waals surface area contributed by atoms with Gasteiger partial charge >= 0.3 is 12.0 Å². The first kappa shape index (κ1) is 25.3. The molecule has 2 aromatic rings. The SMILES string of the molecule is CC[C@@]1(C(C)C)C(=O)N(C(=O)NCc2ccccc2)[C@H]1Oc1ccc(C(=O)OC(C)(C)C)cc1. The molecule has 2 atom stereocenters. The Hall–Kier alpha value is -3.35. The highest BCUT2D eigenvalue weighted by molar-refractivity contribution is 6.03. The number of imide groups is 1. The summed E-state index contributed by atoms with van der Waals surface area (Å²) in [5.41, 5.74) is -0.0717. The molecule has 182 valence electrons. The summed E-state index contributed by atoms with van der Waals surface area (Å²) in [7, 11) is 0. The smallest absolute Gasteiger partial charge is 0.338 e. The summed E-state index contributed by atoms with van der Waals surface area (Å²) < 4.78 is 11.6. The second-order valence-corrected chi connectivity index (χ2v) is 9.86. The van der Waals surface area contributed by atoms with Gasteiger partial charge < -0.3 is 14.8 Å². The molecule has 1 aliphatic rings. The third-order valence-electron chi connectivity index (χ3n) is 6.15. The number of rotatable bonds is 7. The van der Waals surface area contributed by atoms with E-state index in [1.165, 1.54) is 0 Å². The maximum Gasteiger partial charge on any atom is 0.338 e. The average molecular weight is 467 g/mol. The molecule has 7 heteroatoms. The zero-order valence-corrected chi connectivity index (χ0v) is 20.8. The second-order valence-electron chi connectivity index (χ2n) is 9.86. The molecule has 0 spiro atoms. The molecule has 2 aromatic carbocycles. The van der Waals surface area contributed by atoms with Crippen LogP contribution in [0.1, 0.15) is 63.9 Å². The van der Waals surface area contributed by atoms with Crippen LogP contribution in [0.25, 0.3) is 0 Å². The number of benzene rings is 2. The van der Waals surface area contributed by atoms with Gasteiger partial charge in [0.15, 0.2) is 6.23 Å². The van der Waals surface area contributed by atoms with Crippen LogP contribution in [0.15, 0.2) is 54.6 Å². The highest BCUT2D eigenvalue weighted by atomic mass is 16.6. The van der Waals surface area contributed by atoms with Gasteiger partial charge in [0, 0.05) is 6.54 Å². The quantitative estimate of drug-likeness (QED) is 0.451. The van der Waals surface area contributed by atoms with E-state index in [1.54, 1.807) is 24.3 Å². The van der Waals surface area contributed by atoms with Crippen LogP contribution in [0.3, 0.4) is 0 Å². The Labute approximate surface area is 201 Å². The highest BCUT2D eigenvalue weighted by Crippen LogP contribution is 2.48. The molecule has 0 aromatic heterocycles. The minimum absolute atomic E-state index is 0.0331. The van der Waals surface area contributed by atoms with Gasteiger partial charge in [0.1, 0.15) is 16.8 Å². The van der Waals surface area contributed by atoms with Crippen LogP contribution >= 0.6 is 0 Å². The largest absolute Gasteiger partial charge is 0.469 e. The Balaban J connectivity index is 1.78. The predicted molar refractivity (Wildman–Crippen MR) is 129 cm³/mol. The van der Waals surface area contributed by atoms with Crippen LogP contribution in [0.4, 0.5) is 4.79 Å². The Morgan fingerprint density at radius 2 is 1.68 bits per heavy atom. The number of hydrogen-bond donors (Lipinski definition) is 1. The number of ether oxygens (including phenoxy) is 2. The molecule has 3 amide bonds. The second kappa shape index (κ2) is 9.87. The van der Waals surface area contributed by atoms with E-state index in [1.807, 2.05) is 71.9 Å². The van der Waals surface area contributed by atoms with Crippen LogP contribution in [-0.2, 0) is 16.1 Å². The standard InChI is InChI=1S/C27H34N2O5/c1-7-27(18(2)3)23(31)29(25(32)28-17-19-11-9-8-10-12-19)24(27)33-21-15-13-20(14-16-21)22(30)34-26(4,5)6/h8-16,18,24H,7,17H2,1-6H3,(H,28,32)/t24-,27+/m0/s1. The molecule has 1 N–H and O–H groups in total. The Morgan fingerprint density at radius 1 is 1.06 bits per heavy atom. The van der Waals surface area contributed by atoms with Gasteiger partial charge in [-0.05, 0) is 62.9 Å². The zero-order chi connectivity index (χ0) is 25.1. The maximum absolute atomic E-state index is 13.2. The summed E-state index contributed by atoms with van der Waals surface area (Å²) >= 11 is 0. The monoisotopic (exact) mass is 466 g/mol. The summed E-state index contributed by atoms with van der Waals surface area (Å²) in [6, 6.07) is 15.6. The van der Waals surface area contributed by atoms with E-state index in [0.717, 1.165) is 10.5 Å². The lowest BCUT2D eigenvalue weighted by Gasteiger charge is -2.55. The first-order chi connectivity index (χ1) is 16.0. The van der Waals surface area contributed by atoms with Crippen LogP contribution in [-0.4, -0.2) is 34.6 Å². The van der Waals surface area contributed by atoms with Crippen molar-refractivity contribution in [3.05, 3.63) is 65.7 Å². The van der Waals surface area contributed by atoms with E-state index in [4.69, 9.17) is 9.47 Å². The number of amides is 3. The Morgan fingerprint density at radius 3 is 2.21 bits per heavy atom. The summed E-state index contributed by atoms with van der Waals surface area (Å²) in [6.45, 7) is 11.6. The number of β-lactam (4-membered cyclic amide) rings is 1. The molecule has 3 rings (SSSR count). The van der Waals surface area contributed by atoms with Gasteiger partial charge in [-0.3, -0.25) is 4.79 Å². The molecule has 1 aliphatic heterocycles. The number of carbonyl (C=O) groups excluding carboxylic acids is 3. The lowest BCUT2D eigenvalue weighted by atomic mass is 9.66. The molecular weight excluding hydrogens is 432 g/mol. The molecule has 0 saturated carbocycles. The molecule has 0 unspecified atom stereocenters. The first-order valence-corrected chi connectivity index (χ1v) is 11.6. The van der Waals surface area contributed by atoms with E-state index >= 15 is 0 Å². The van der Waals surface area contributed by atoms with E-state index < -0.39 is 29.2 Å². The third kappa shape index (κ3) is 5.08. The molecule has 1 fully saturated rings. The zero-order valence-electron chi connectivity index (χ0n) is 20.8. The summed E-state index contributed by atoms with van der Waals surface area (Å²) in [6.07, 6.45) is -0.222. The van der Waals surface area contributed by atoms with Gasteiger partial charge in [-0.25, -0.2) is 14.5 Å². The minimum Gasteiger partial charge on any atom is -0.469 e. The minimum atomic E-state index is -0.812. The number of nitrogens with zero attached hydrogens (tertiary/aromatic N) is 1. The van der Waals surface area contributed by atoms with Gasteiger partial charge in [0.25, 0.3) is 0 Å². The summed E-state index contributed by atoms with van der Waals surface area (Å²) in [4.78, 5) is 39.6. The molecule has 34 heavy (non-hydrogen) atoms. The van der Waals surface area contributed by atoms with Gasteiger partial charge in [0.05, 0.1) is 5.56 Å². The molecular formula is C27H34N2O5. The molecule has 1 saturated heterocycles. The maximum atomic E-state index is 13.2. The number of carbonyl (C=O) groups is 3. The van der Waals surface area contributed by atoms with E-state index in [0.29, 0.717) is 24.3 Å². The first-order valence-electron chi connectivity index (χ1n) is 11.6. The van der Waals surface area contributed by atoms with Crippen molar-refractivity contribution >= 4 is 17.9 Å². The van der Waals surface area contributed by atoms with Crippen LogP contribution < -0.4 is 10.1 Å². The average Bonchev–Trinajstić information content (AvgIpc) is 2.78. The van der Waals surface area contributed by atoms with Crippen LogP contribution in [0.5, 0.6) is 5.75 Å². The van der Waals surface area contributed by atoms with Gasteiger partial charge in [-0.15, -0.1) is 0 Å². The Kier molecular flexibility index (Phi) is 7.34. The normalized spacial score (nSPS) is 20.0. The lowest BCUT2D eigenvalue weighted by molar-refractivity contribution is -0.198. The van der Waals surface area contributed by atoms with Crippen molar-refractivity contribution in [1.82, 2.24) is 10.2 Å². The van der Waals surface area contributed by atoms with Crippen LogP contribution in [0.2, 0.25) is 0 Å². The number of nitrogens with one attached hydrogen (secondary N) is 1. The van der Waals surface area contributed by atoms with E-state index in [9.17, 15) is 14.4 Å². The highest BCUT2D eigenvalue weighted by Gasteiger charge is 2.65. The number of urea groups is 1. The third-order valence-corrected chi connectivity index (χ3v) is 6.15. The number of esters is 1. The molecule has 0 bridgehead atoms. The van der Waals surface area contributed by atoms with E-state index in [-0.39, 0.29) is 11.8 Å². The van der Waals surface area contributed by atoms with Crippen molar-refractivity contribution in [1.29, 1.82) is 0 Å². The topological polar surface area (TPSA) is 84.9 Å². The fourth-order valence-corrected chi connectivity index (χ4v) is 4.22. The molecule has 0 aliphatic carbocycles. The van der Waals surface area contributed by atoms with Crippen molar-refractivity contribution in [3.63, 3.8) is 0 Å². The molecule has 1 heterocycles. The summed E-state index contributed by atoms with van der Waals surface area (Å²) in [5, 5.41) is 2.82. The predicted octanol–water partition coefficient (Wildman–Crippen LogP) is 5.15. The Bertz CT molecular complexity index is 1030. The van der Waals surface area contributed by atoms with Crippen molar-refractivity contribution in [2.75, 3.05) is 0 Å². The van der Waals surface area contributed by atoms with Gasteiger partial charge in [-0.1, -0.05) is 51.1 Å². The molecule has 7 nitrogen and oxygen atoms in total. The van der Waals surface area contributed by atoms with Crippen molar-refractivity contribution in [3.8, 4) is 5.75 Å². The lowest BCUT2D eigenvalue weighted by Crippen LogP contribution is -2.75. The summed E-state index contributed by atoms with van der Waals surface area (Å²) in [5.74, 6) is -0.242. The molecule has 0 radical (unpaired) electrons. The van der Waals surface area contributed by atoms with Gasteiger partial charge in [0.2, 0.25) is 5.91 Å². The number of hydrogen-bond acceptors (Lipinski definition) is 5. The van der Waals surface area contributed by atoms with Crippen molar-refractivity contribution in [2.24, 2.45) is 11.3 Å². The van der Waals surface area contributed by atoms with Crippen molar-refractivity contribution in [2.45, 2.75) is 66.3 Å². The van der Waals surface area contributed by atoms with E-state index in [2.05, 4.69) is 5.32 Å². The fraction of sp³-hybridized carbons (Fsp3) is 0.444. The van der Waals surface area contributed by atoms with Crippen molar-refractivity contribution < 1.29 is 23.9 Å². The van der Waals surface area contributed by atoms with Crippen LogP contribution in [0, 0.1) is 11.3 Å². The fourth-order valence-electron chi connectivity index (χ4n) is 4.22.